The monoisotopic (exact) mass is 292 g/mol. The van der Waals surface area contributed by atoms with Crippen LogP contribution in [0.1, 0.15) is 19.3 Å². The minimum Gasteiger partial charge on any atom is -0.319 e. The predicted molar refractivity (Wildman–Crippen MR) is 78.3 cm³/mol. The van der Waals surface area contributed by atoms with Gasteiger partial charge in [0.25, 0.3) is 10.2 Å². The van der Waals surface area contributed by atoms with E-state index < -0.39 is 10.2 Å². The van der Waals surface area contributed by atoms with Crippen molar-refractivity contribution in [1.82, 2.24) is 19.2 Å². The summed E-state index contributed by atoms with van der Waals surface area (Å²) in [4.78, 5) is 2.05. The molecule has 1 heterocycles. The van der Waals surface area contributed by atoms with E-state index in [1.165, 1.54) is 0 Å². The summed E-state index contributed by atoms with van der Waals surface area (Å²) in [6, 6.07) is 0. The van der Waals surface area contributed by atoms with E-state index in [1.54, 1.807) is 4.31 Å². The van der Waals surface area contributed by atoms with Gasteiger partial charge in [0.05, 0.1) is 0 Å². The molecule has 0 unspecified atom stereocenters. The topological polar surface area (TPSA) is 64.7 Å². The molecular formula is C12H28N4O2S. The molecule has 2 N–H and O–H groups in total. The van der Waals surface area contributed by atoms with Gasteiger partial charge in [-0.25, -0.2) is 4.72 Å². The summed E-state index contributed by atoms with van der Waals surface area (Å²) < 4.78 is 28.4. The van der Waals surface area contributed by atoms with Crippen LogP contribution in [0.15, 0.2) is 0 Å². The second-order valence-electron chi connectivity index (χ2n) is 5.46. The van der Waals surface area contributed by atoms with Crippen LogP contribution < -0.4 is 10.0 Å². The highest BCUT2D eigenvalue weighted by atomic mass is 32.2. The van der Waals surface area contributed by atoms with Crippen LogP contribution in [0.5, 0.6) is 0 Å². The first-order valence-electron chi connectivity index (χ1n) is 6.99. The summed E-state index contributed by atoms with van der Waals surface area (Å²) in [7, 11) is 2.64. The molecule has 1 aliphatic heterocycles. The Morgan fingerprint density at radius 1 is 1.26 bits per heavy atom. The summed E-state index contributed by atoms with van der Waals surface area (Å²) in [6.07, 6.45) is 2.72. The van der Waals surface area contributed by atoms with E-state index in [0.29, 0.717) is 25.6 Å². The van der Waals surface area contributed by atoms with Crippen LogP contribution in [0.4, 0.5) is 0 Å². The lowest BCUT2D eigenvalue weighted by molar-refractivity contribution is 0.268. The molecule has 0 amide bonds. The quantitative estimate of drug-likeness (QED) is 0.603. The molecule has 114 valence electrons. The maximum atomic E-state index is 12.1. The van der Waals surface area contributed by atoms with Crippen LogP contribution in [0.25, 0.3) is 0 Å². The third-order valence-corrected chi connectivity index (χ3v) is 5.09. The number of nitrogens with one attached hydrogen (secondary N) is 2. The molecule has 0 aromatic carbocycles. The zero-order valence-corrected chi connectivity index (χ0v) is 13.2. The molecule has 1 saturated heterocycles. The maximum absolute atomic E-state index is 12.1. The van der Waals surface area contributed by atoms with Crippen molar-refractivity contribution < 1.29 is 8.42 Å². The third kappa shape index (κ3) is 6.18. The second kappa shape index (κ2) is 8.16. The molecule has 19 heavy (non-hydrogen) atoms. The van der Waals surface area contributed by atoms with Gasteiger partial charge in [0.1, 0.15) is 0 Å². The molecule has 0 aromatic heterocycles. The highest BCUT2D eigenvalue weighted by Gasteiger charge is 2.27. The molecule has 0 saturated carbocycles. The number of hydrogen-bond acceptors (Lipinski definition) is 4. The molecular weight excluding hydrogens is 264 g/mol. The Morgan fingerprint density at radius 3 is 2.42 bits per heavy atom. The lowest BCUT2D eigenvalue weighted by Crippen LogP contribution is -2.46. The van der Waals surface area contributed by atoms with E-state index in [-0.39, 0.29) is 0 Å². The van der Waals surface area contributed by atoms with Crippen molar-refractivity contribution in [3.8, 4) is 0 Å². The van der Waals surface area contributed by atoms with E-state index in [1.807, 2.05) is 21.1 Å². The van der Waals surface area contributed by atoms with Crippen molar-refractivity contribution in [1.29, 1.82) is 0 Å². The minimum absolute atomic E-state index is 0.511. The van der Waals surface area contributed by atoms with Gasteiger partial charge >= 0.3 is 0 Å². The van der Waals surface area contributed by atoms with Crippen molar-refractivity contribution in [2.24, 2.45) is 5.92 Å². The minimum atomic E-state index is -3.28. The molecule has 6 nitrogen and oxygen atoms in total. The van der Waals surface area contributed by atoms with Crippen molar-refractivity contribution in [3.05, 3.63) is 0 Å². The van der Waals surface area contributed by atoms with Crippen molar-refractivity contribution in [2.45, 2.75) is 19.3 Å². The fourth-order valence-corrected chi connectivity index (χ4v) is 3.61. The predicted octanol–water partition coefficient (Wildman–Crippen LogP) is -0.296. The Kier molecular flexibility index (Phi) is 7.23. The van der Waals surface area contributed by atoms with Crippen LogP contribution in [0.2, 0.25) is 0 Å². The average molecular weight is 292 g/mol. The maximum Gasteiger partial charge on any atom is 0.279 e. The van der Waals surface area contributed by atoms with Gasteiger partial charge < -0.3 is 10.2 Å². The van der Waals surface area contributed by atoms with Crippen LogP contribution in [0.3, 0.4) is 0 Å². The molecule has 7 heteroatoms. The third-order valence-electron chi connectivity index (χ3n) is 3.47. The van der Waals surface area contributed by atoms with Crippen molar-refractivity contribution in [2.75, 3.05) is 53.9 Å². The molecule has 0 bridgehead atoms. The number of piperidine rings is 1. The van der Waals surface area contributed by atoms with Crippen LogP contribution in [-0.2, 0) is 10.2 Å². The molecule has 0 aromatic rings. The lowest BCUT2D eigenvalue weighted by Gasteiger charge is -2.31. The van der Waals surface area contributed by atoms with Gasteiger partial charge in [-0.05, 0) is 59.4 Å². The highest BCUT2D eigenvalue weighted by molar-refractivity contribution is 7.87. The van der Waals surface area contributed by atoms with Gasteiger partial charge in [-0.15, -0.1) is 0 Å². The highest BCUT2D eigenvalue weighted by Crippen LogP contribution is 2.18. The van der Waals surface area contributed by atoms with Crippen LogP contribution in [0, 0.1) is 5.92 Å². The fourth-order valence-electron chi connectivity index (χ4n) is 2.33. The lowest BCUT2D eigenvalue weighted by atomic mass is 9.98. The summed E-state index contributed by atoms with van der Waals surface area (Å²) in [5.74, 6) is 0.602. The summed E-state index contributed by atoms with van der Waals surface area (Å²) in [5.41, 5.74) is 0. The summed E-state index contributed by atoms with van der Waals surface area (Å²) in [5, 5.41) is 3.16. The standard InChI is InChI=1S/C12H28N4O2S/c1-13-11-12-5-9-16(10-6-12)19(17,18)14-7-4-8-15(2)3/h12-14H,4-11H2,1-3H3. The first-order valence-corrected chi connectivity index (χ1v) is 8.44. The number of nitrogens with zero attached hydrogens (tertiary/aromatic N) is 2. The molecule has 0 atom stereocenters. The SMILES string of the molecule is CNCC1CCN(S(=O)(=O)NCCCN(C)C)CC1. The van der Waals surface area contributed by atoms with Gasteiger partial charge in [-0.3, -0.25) is 0 Å². The molecule has 1 aliphatic rings. The Labute approximate surface area is 117 Å². The average Bonchev–Trinajstić information content (AvgIpc) is 2.36. The van der Waals surface area contributed by atoms with E-state index in [9.17, 15) is 8.42 Å². The molecule has 0 spiro atoms. The summed E-state index contributed by atoms with van der Waals surface area (Å²) in [6.45, 7) is 3.65. The number of hydrogen-bond donors (Lipinski definition) is 2. The molecule has 1 rings (SSSR count). The van der Waals surface area contributed by atoms with Crippen molar-refractivity contribution >= 4 is 10.2 Å². The molecule has 0 aliphatic carbocycles. The Balaban J connectivity index is 2.30. The first kappa shape index (κ1) is 16.8. The van der Waals surface area contributed by atoms with Crippen LogP contribution in [-0.4, -0.2) is 71.5 Å². The van der Waals surface area contributed by atoms with E-state index >= 15 is 0 Å². The van der Waals surface area contributed by atoms with Crippen molar-refractivity contribution in [3.63, 3.8) is 0 Å². The molecule has 0 radical (unpaired) electrons. The Bertz CT molecular complexity index is 338. The van der Waals surface area contributed by atoms with Gasteiger partial charge in [0, 0.05) is 19.6 Å². The van der Waals surface area contributed by atoms with Gasteiger partial charge in [0.15, 0.2) is 0 Å². The van der Waals surface area contributed by atoms with Gasteiger partial charge in [-0.1, -0.05) is 0 Å². The van der Waals surface area contributed by atoms with E-state index in [2.05, 4.69) is 14.9 Å². The smallest absolute Gasteiger partial charge is 0.279 e. The van der Waals surface area contributed by atoms with E-state index in [4.69, 9.17) is 0 Å². The zero-order valence-electron chi connectivity index (χ0n) is 12.4. The largest absolute Gasteiger partial charge is 0.319 e. The molecule has 1 fully saturated rings. The zero-order chi connectivity index (χ0) is 14.3. The number of rotatable bonds is 8. The van der Waals surface area contributed by atoms with E-state index in [0.717, 1.165) is 32.4 Å². The van der Waals surface area contributed by atoms with Gasteiger partial charge in [-0.2, -0.15) is 12.7 Å². The fraction of sp³-hybridized carbons (Fsp3) is 1.00. The Morgan fingerprint density at radius 2 is 1.89 bits per heavy atom. The first-order chi connectivity index (χ1) is 8.95. The normalized spacial score (nSPS) is 19.2. The Hall–Kier alpha value is -0.210. The van der Waals surface area contributed by atoms with Crippen LogP contribution >= 0.6 is 0 Å². The second-order valence-corrected chi connectivity index (χ2v) is 7.21. The summed E-state index contributed by atoms with van der Waals surface area (Å²) >= 11 is 0. The van der Waals surface area contributed by atoms with Gasteiger partial charge in [0.2, 0.25) is 0 Å².